The second kappa shape index (κ2) is 8.60. The number of hydrogen-bond acceptors (Lipinski definition) is 5. The number of carbonyl (C=O) groups excluding carboxylic acids is 2. The van der Waals surface area contributed by atoms with Gasteiger partial charge in [0.05, 0.1) is 4.92 Å². The van der Waals surface area contributed by atoms with Crippen LogP contribution in [0.15, 0.2) is 54.6 Å². The first-order valence-electron chi connectivity index (χ1n) is 7.09. The first-order chi connectivity index (χ1) is 11.9. The van der Waals surface area contributed by atoms with E-state index < -0.39 is 23.4 Å². The van der Waals surface area contributed by atoms with E-state index in [-0.39, 0.29) is 5.69 Å². The van der Waals surface area contributed by atoms with Gasteiger partial charge < -0.3 is 10.1 Å². The van der Waals surface area contributed by atoms with Crippen LogP contribution in [-0.2, 0) is 14.3 Å². The molecular formula is C17H13ClN2O5. The summed E-state index contributed by atoms with van der Waals surface area (Å²) in [5, 5.41) is 13.8. The highest BCUT2D eigenvalue weighted by atomic mass is 35.5. The van der Waals surface area contributed by atoms with E-state index in [9.17, 15) is 19.7 Å². The molecule has 0 radical (unpaired) electrons. The predicted octanol–water partition coefficient (Wildman–Crippen LogP) is 3.44. The standard InChI is InChI=1S/C17H13ClN2O5/c18-13-5-7-14(8-6-13)19-16(21)11-25-17(22)9-4-12-2-1-3-15(10-12)20(23)24/h1-10H,11H2,(H,19,21). The highest BCUT2D eigenvalue weighted by Gasteiger charge is 2.07. The average Bonchev–Trinajstić information content (AvgIpc) is 2.60. The van der Waals surface area contributed by atoms with E-state index in [1.54, 1.807) is 30.3 Å². The second-order valence-corrected chi connectivity index (χ2v) is 5.28. The lowest BCUT2D eigenvalue weighted by atomic mass is 10.2. The van der Waals surface area contributed by atoms with Gasteiger partial charge in [0, 0.05) is 28.9 Å². The van der Waals surface area contributed by atoms with Crippen molar-refractivity contribution < 1.29 is 19.2 Å². The summed E-state index contributed by atoms with van der Waals surface area (Å²) in [7, 11) is 0. The van der Waals surface area contributed by atoms with Crippen molar-refractivity contribution in [2.45, 2.75) is 0 Å². The van der Waals surface area contributed by atoms with Crippen molar-refractivity contribution in [3.8, 4) is 0 Å². The Labute approximate surface area is 148 Å². The lowest BCUT2D eigenvalue weighted by Gasteiger charge is -2.05. The molecule has 0 aliphatic rings. The van der Waals surface area contributed by atoms with Crippen LogP contribution in [0.5, 0.6) is 0 Å². The zero-order chi connectivity index (χ0) is 18.2. The molecule has 2 aromatic carbocycles. The monoisotopic (exact) mass is 360 g/mol. The number of nitro groups is 1. The van der Waals surface area contributed by atoms with Crippen LogP contribution in [0.25, 0.3) is 6.08 Å². The van der Waals surface area contributed by atoms with Crippen LogP contribution in [0.3, 0.4) is 0 Å². The molecule has 1 amide bonds. The van der Waals surface area contributed by atoms with Gasteiger partial charge in [0.1, 0.15) is 0 Å². The molecule has 2 aromatic rings. The van der Waals surface area contributed by atoms with Gasteiger partial charge in [0.2, 0.25) is 0 Å². The molecular weight excluding hydrogens is 348 g/mol. The van der Waals surface area contributed by atoms with E-state index in [1.807, 2.05) is 0 Å². The zero-order valence-corrected chi connectivity index (χ0v) is 13.6. The number of carbonyl (C=O) groups is 2. The SMILES string of the molecule is O=C(COC(=O)C=Cc1cccc([N+](=O)[O-])c1)Nc1ccc(Cl)cc1. The fraction of sp³-hybridized carbons (Fsp3) is 0.0588. The van der Waals surface area contributed by atoms with Crippen LogP contribution in [-0.4, -0.2) is 23.4 Å². The van der Waals surface area contributed by atoms with E-state index in [2.05, 4.69) is 5.32 Å². The normalized spacial score (nSPS) is 10.4. The fourth-order valence-corrected chi connectivity index (χ4v) is 1.95. The second-order valence-electron chi connectivity index (χ2n) is 4.85. The molecule has 7 nitrogen and oxygen atoms in total. The van der Waals surface area contributed by atoms with E-state index in [1.165, 1.54) is 24.3 Å². The number of anilines is 1. The van der Waals surface area contributed by atoms with Crippen LogP contribution < -0.4 is 5.32 Å². The van der Waals surface area contributed by atoms with E-state index in [4.69, 9.17) is 16.3 Å². The van der Waals surface area contributed by atoms with E-state index >= 15 is 0 Å². The first kappa shape index (κ1) is 18.2. The molecule has 0 unspecified atom stereocenters. The van der Waals surface area contributed by atoms with Crippen LogP contribution in [0.2, 0.25) is 5.02 Å². The first-order valence-corrected chi connectivity index (χ1v) is 7.46. The maximum Gasteiger partial charge on any atom is 0.331 e. The number of rotatable bonds is 6. The van der Waals surface area contributed by atoms with Crippen molar-refractivity contribution >= 4 is 40.9 Å². The summed E-state index contributed by atoms with van der Waals surface area (Å²) in [6.45, 7) is -0.458. The molecule has 25 heavy (non-hydrogen) atoms. The number of halogens is 1. The number of nitro benzene ring substituents is 1. The van der Waals surface area contributed by atoms with Gasteiger partial charge in [-0.1, -0.05) is 23.7 Å². The van der Waals surface area contributed by atoms with Crippen molar-refractivity contribution in [1.29, 1.82) is 0 Å². The molecule has 128 valence electrons. The maximum atomic E-state index is 11.7. The summed E-state index contributed by atoms with van der Waals surface area (Å²) in [4.78, 5) is 33.4. The Hall–Kier alpha value is -3.19. The van der Waals surface area contributed by atoms with Crippen molar-refractivity contribution in [1.82, 2.24) is 0 Å². The summed E-state index contributed by atoms with van der Waals surface area (Å²) >= 11 is 5.74. The number of amides is 1. The molecule has 1 N–H and O–H groups in total. The number of esters is 1. The minimum absolute atomic E-state index is 0.0853. The molecule has 8 heteroatoms. The number of nitrogens with zero attached hydrogens (tertiary/aromatic N) is 1. The zero-order valence-electron chi connectivity index (χ0n) is 12.8. The Morgan fingerprint density at radius 3 is 2.60 bits per heavy atom. The molecule has 0 aliphatic carbocycles. The minimum Gasteiger partial charge on any atom is -0.452 e. The van der Waals surface area contributed by atoms with Gasteiger partial charge in [-0.25, -0.2) is 4.79 Å². The summed E-state index contributed by atoms with van der Waals surface area (Å²) < 4.78 is 4.80. The minimum atomic E-state index is -0.738. The Bertz CT molecular complexity index is 818. The number of nitrogens with one attached hydrogen (secondary N) is 1. The summed E-state index contributed by atoms with van der Waals surface area (Å²) in [5.74, 6) is -1.24. The van der Waals surface area contributed by atoms with Gasteiger partial charge in [-0.2, -0.15) is 0 Å². The summed E-state index contributed by atoms with van der Waals surface area (Å²) in [6, 6.07) is 12.2. The molecule has 0 fully saturated rings. The van der Waals surface area contributed by atoms with Crippen molar-refractivity contribution in [3.63, 3.8) is 0 Å². The lowest BCUT2D eigenvalue weighted by Crippen LogP contribution is -2.20. The quantitative estimate of drug-likeness (QED) is 0.368. The van der Waals surface area contributed by atoms with Gasteiger partial charge in [0.25, 0.3) is 11.6 Å². The van der Waals surface area contributed by atoms with Gasteiger partial charge in [0.15, 0.2) is 6.61 Å². The number of hydrogen-bond donors (Lipinski definition) is 1. The Morgan fingerprint density at radius 2 is 1.92 bits per heavy atom. The highest BCUT2D eigenvalue weighted by Crippen LogP contribution is 2.14. The number of benzene rings is 2. The molecule has 0 saturated carbocycles. The third-order valence-electron chi connectivity index (χ3n) is 2.97. The van der Waals surface area contributed by atoms with Crippen LogP contribution in [0.4, 0.5) is 11.4 Å². The average molecular weight is 361 g/mol. The molecule has 2 rings (SSSR count). The molecule has 0 spiro atoms. The fourth-order valence-electron chi connectivity index (χ4n) is 1.82. The Morgan fingerprint density at radius 1 is 1.20 bits per heavy atom. The van der Waals surface area contributed by atoms with E-state index in [0.29, 0.717) is 16.3 Å². The van der Waals surface area contributed by atoms with Gasteiger partial charge in [-0.05, 0) is 35.9 Å². The summed E-state index contributed by atoms with van der Waals surface area (Å²) in [6.07, 6.45) is 2.46. The number of ether oxygens (including phenoxy) is 1. The van der Waals surface area contributed by atoms with Crippen LogP contribution in [0, 0.1) is 10.1 Å². The third kappa shape index (κ3) is 6.08. The molecule has 0 aliphatic heterocycles. The maximum absolute atomic E-state index is 11.7. The predicted molar refractivity (Wildman–Crippen MR) is 93.2 cm³/mol. The Balaban J connectivity index is 1.83. The highest BCUT2D eigenvalue weighted by molar-refractivity contribution is 6.30. The molecule has 0 aromatic heterocycles. The van der Waals surface area contributed by atoms with Gasteiger partial charge >= 0.3 is 5.97 Å². The topological polar surface area (TPSA) is 98.5 Å². The molecule has 0 saturated heterocycles. The van der Waals surface area contributed by atoms with Gasteiger partial charge in [-0.3, -0.25) is 14.9 Å². The van der Waals surface area contributed by atoms with Gasteiger partial charge in [-0.15, -0.1) is 0 Å². The van der Waals surface area contributed by atoms with Crippen molar-refractivity contribution in [2.75, 3.05) is 11.9 Å². The smallest absolute Gasteiger partial charge is 0.331 e. The Kier molecular flexibility index (Phi) is 6.25. The molecule has 0 atom stereocenters. The third-order valence-corrected chi connectivity index (χ3v) is 3.22. The molecule has 0 heterocycles. The number of non-ortho nitro benzene ring substituents is 1. The largest absolute Gasteiger partial charge is 0.452 e. The van der Waals surface area contributed by atoms with Crippen LogP contribution >= 0.6 is 11.6 Å². The molecule has 0 bridgehead atoms. The van der Waals surface area contributed by atoms with Crippen molar-refractivity contribution in [2.24, 2.45) is 0 Å². The van der Waals surface area contributed by atoms with Crippen LogP contribution in [0.1, 0.15) is 5.56 Å². The lowest BCUT2D eigenvalue weighted by molar-refractivity contribution is -0.384. The summed E-state index contributed by atoms with van der Waals surface area (Å²) in [5.41, 5.74) is 0.909. The van der Waals surface area contributed by atoms with E-state index in [0.717, 1.165) is 6.08 Å². The van der Waals surface area contributed by atoms with Crippen molar-refractivity contribution in [3.05, 3.63) is 75.3 Å².